The second-order valence-electron chi connectivity index (χ2n) is 16.4. The maximum atomic E-state index is 2.59. The topological polar surface area (TPSA) is 3.24 Å². The molecular formula is C56H39N. The van der Waals surface area contributed by atoms with Crippen molar-refractivity contribution in [2.45, 2.75) is 24.7 Å². The third-order valence-electron chi connectivity index (χ3n) is 13.2. The largest absolute Gasteiger partial charge is 0.310 e. The highest BCUT2D eigenvalue weighted by molar-refractivity contribution is 6.06. The quantitative estimate of drug-likeness (QED) is 0.175. The van der Waals surface area contributed by atoms with Gasteiger partial charge in [0.15, 0.2) is 0 Å². The summed E-state index contributed by atoms with van der Waals surface area (Å²) < 4.78 is 0. The molecule has 1 heteroatoms. The molecule has 268 valence electrons. The normalized spacial score (nSPS) is 14.4. The lowest BCUT2D eigenvalue weighted by molar-refractivity contribution is 0.661. The molecule has 0 bridgehead atoms. The number of anilines is 3. The van der Waals surface area contributed by atoms with Crippen LogP contribution in [0, 0.1) is 0 Å². The standard InChI is InChI=1S/C56H39N/c1-55(2)47-24-12-10-22-44(47)53-52-45-23-11-15-27-50(45)56(48-25-13-8-20-42(48)43-21-9-14-26-49(43)56)51(52)35-46(54(53)55)37-29-31-40(32-30-37)57(39-18-4-3-5-19-39)41-33-28-36-16-6-7-17-38(36)34-41/h3-35H,1-2H3. The van der Waals surface area contributed by atoms with E-state index in [0.717, 1.165) is 17.1 Å². The smallest absolute Gasteiger partial charge is 0.0725 e. The molecule has 9 aromatic carbocycles. The Hall–Kier alpha value is -6.96. The molecule has 3 aliphatic rings. The SMILES string of the molecule is CC1(C)c2ccccc2-c2c3c(cc(-c4ccc(N(c5ccccc5)c5ccc6ccccc6c5)cc4)c21)C1(c2ccccc2-c2ccccc21)c1ccccc1-3. The molecule has 3 aliphatic carbocycles. The van der Waals surface area contributed by atoms with Crippen LogP contribution >= 0.6 is 0 Å². The molecule has 12 rings (SSSR count). The van der Waals surface area contributed by atoms with Gasteiger partial charge in [0, 0.05) is 22.5 Å². The van der Waals surface area contributed by atoms with Crippen molar-refractivity contribution in [3.8, 4) is 44.5 Å². The Balaban J connectivity index is 1.13. The number of nitrogens with zero attached hydrogens (tertiary/aromatic N) is 1. The predicted molar refractivity (Wildman–Crippen MR) is 238 cm³/mol. The van der Waals surface area contributed by atoms with Gasteiger partial charge in [-0.05, 0) is 131 Å². The zero-order valence-electron chi connectivity index (χ0n) is 32.0. The molecule has 0 saturated heterocycles. The molecule has 0 heterocycles. The van der Waals surface area contributed by atoms with E-state index in [1.807, 2.05) is 0 Å². The summed E-state index contributed by atoms with van der Waals surface area (Å²) in [6.07, 6.45) is 0. The first-order valence-electron chi connectivity index (χ1n) is 20.1. The maximum Gasteiger partial charge on any atom is 0.0725 e. The Morgan fingerprint density at radius 1 is 0.333 bits per heavy atom. The van der Waals surface area contributed by atoms with Crippen molar-refractivity contribution >= 4 is 27.8 Å². The third kappa shape index (κ3) is 4.29. The highest BCUT2D eigenvalue weighted by atomic mass is 15.1. The zero-order valence-corrected chi connectivity index (χ0v) is 32.0. The summed E-state index contributed by atoms with van der Waals surface area (Å²) in [5.41, 5.74) is 21.8. The van der Waals surface area contributed by atoms with Crippen molar-refractivity contribution in [2.24, 2.45) is 0 Å². The van der Waals surface area contributed by atoms with E-state index in [4.69, 9.17) is 0 Å². The zero-order chi connectivity index (χ0) is 37.9. The van der Waals surface area contributed by atoms with E-state index in [1.165, 1.54) is 88.7 Å². The minimum atomic E-state index is -0.426. The molecular weight excluding hydrogens is 687 g/mol. The Morgan fingerprint density at radius 2 is 0.825 bits per heavy atom. The first kappa shape index (κ1) is 32.3. The second-order valence-corrected chi connectivity index (χ2v) is 16.4. The van der Waals surface area contributed by atoms with Crippen LogP contribution in [-0.4, -0.2) is 0 Å². The summed E-state index contributed by atoms with van der Waals surface area (Å²) in [6, 6.07) is 74.7. The number of hydrogen-bond acceptors (Lipinski definition) is 1. The van der Waals surface area contributed by atoms with Gasteiger partial charge in [0.05, 0.1) is 5.41 Å². The fourth-order valence-electron chi connectivity index (χ4n) is 10.9. The van der Waals surface area contributed by atoms with Gasteiger partial charge in [-0.1, -0.05) is 172 Å². The van der Waals surface area contributed by atoms with Gasteiger partial charge >= 0.3 is 0 Å². The summed E-state index contributed by atoms with van der Waals surface area (Å²) in [7, 11) is 0. The van der Waals surface area contributed by atoms with Crippen molar-refractivity contribution in [2.75, 3.05) is 4.90 Å². The molecule has 9 aromatic rings. The molecule has 0 fully saturated rings. The van der Waals surface area contributed by atoms with Crippen molar-refractivity contribution in [3.05, 3.63) is 234 Å². The van der Waals surface area contributed by atoms with Crippen LogP contribution in [-0.2, 0) is 10.8 Å². The summed E-state index contributed by atoms with van der Waals surface area (Å²) in [6.45, 7) is 4.85. The first-order valence-corrected chi connectivity index (χ1v) is 20.1. The maximum absolute atomic E-state index is 2.59. The molecule has 1 nitrogen and oxygen atoms in total. The highest BCUT2D eigenvalue weighted by Gasteiger charge is 2.54. The van der Waals surface area contributed by atoms with E-state index in [9.17, 15) is 0 Å². The predicted octanol–water partition coefficient (Wildman–Crippen LogP) is 14.6. The van der Waals surface area contributed by atoms with E-state index in [-0.39, 0.29) is 5.41 Å². The van der Waals surface area contributed by atoms with Crippen LogP contribution in [0.3, 0.4) is 0 Å². The Bertz CT molecular complexity index is 3050. The number of fused-ring (bicyclic) bond motifs is 15. The Labute approximate surface area is 334 Å². The van der Waals surface area contributed by atoms with Crippen molar-refractivity contribution in [3.63, 3.8) is 0 Å². The van der Waals surface area contributed by atoms with E-state index < -0.39 is 5.41 Å². The minimum absolute atomic E-state index is 0.202. The van der Waals surface area contributed by atoms with Gasteiger partial charge in [0.1, 0.15) is 0 Å². The average molecular weight is 726 g/mol. The molecule has 0 saturated carbocycles. The molecule has 0 amide bonds. The van der Waals surface area contributed by atoms with Crippen LogP contribution < -0.4 is 4.90 Å². The number of benzene rings is 9. The van der Waals surface area contributed by atoms with Gasteiger partial charge in [-0.15, -0.1) is 0 Å². The number of rotatable bonds is 4. The van der Waals surface area contributed by atoms with Crippen LogP contribution in [0.2, 0.25) is 0 Å². The van der Waals surface area contributed by atoms with E-state index in [0.29, 0.717) is 0 Å². The van der Waals surface area contributed by atoms with Gasteiger partial charge in [-0.25, -0.2) is 0 Å². The van der Waals surface area contributed by atoms with E-state index in [1.54, 1.807) is 0 Å². The average Bonchev–Trinajstić information content (AvgIpc) is 3.83. The molecule has 0 aliphatic heterocycles. The monoisotopic (exact) mass is 725 g/mol. The molecule has 0 atom stereocenters. The van der Waals surface area contributed by atoms with Crippen molar-refractivity contribution in [1.82, 2.24) is 0 Å². The molecule has 0 unspecified atom stereocenters. The fourth-order valence-corrected chi connectivity index (χ4v) is 10.9. The second kappa shape index (κ2) is 11.8. The van der Waals surface area contributed by atoms with E-state index >= 15 is 0 Å². The molecule has 0 aromatic heterocycles. The van der Waals surface area contributed by atoms with Crippen molar-refractivity contribution < 1.29 is 0 Å². The Morgan fingerprint density at radius 3 is 1.49 bits per heavy atom. The van der Waals surface area contributed by atoms with Gasteiger partial charge in [0.2, 0.25) is 0 Å². The molecule has 0 N–H and O–H groups in total. The van der Waals surface area contributed by atoms with Crippen molar-refractivity contribution in [1.29, 1.82) is 0 Å². The molecule has 57 heavy (non-hydrogen) atoms. The number of hydrogen-bond donors (Lipinski definition) is 0. The minimum Gasteiger partial charge on any atom is -0.310 e. The lowest BCUT2D eigenvalue weighted by Gasteiger charge is -2.32. The van der Waals surface area contributed by atoms with Gasteiger partial charge in [0.25, 0.3) is 0 Å². The van der Waals surface area contributed by atoms with Gasteiger partial charge in [-0.2, -0.15) is 0 Å². The lowest BCUT2D eigenvalue weighted by Crippen LogP contribution is -2.26. The van der Waals surface area contributed by atoms with Crippen LogP contribution in [0.4, 0.5) is 17.1 Å². The molecule has 0 radical (unpaired) electrons. The summed E-state index contributed by atoms with van der Waals surface area (Å²) >= 11 is 0. The summed E-state index contributed by atoms with van der Waals surface area (Å²) in [4.78, 5) is 2.38. The van der Waals surface area contributed by atoms with Gasteiger partial charge < -0.3 is 4.90 Å². The van der Waals surface area contributed by atoms with Gasteiger partial charge in [-0.3, -0.25) is 0 Å². The van der Waals surface area contributed by atoms with Crippen LogP contribution in [0.1, 0.15) is 47.2 Å². The third-order valence-corrected chi connectivity index (χ3v) is 13.2. The lowest BCUT2D eigenvalue weighted by atomic mass is 9.69. The molecule has 1 spiro atoms. The highest BCUT2D eigenvalue weighted by Crippen LogP contribution is 2.67. The van der Waals surface area contributed by atoms with E-state index in [2.05, 4.69) is 219 Å². The number of para-hydroxylation sites is 1. The fraction of sp³-hybridized carbons (Fsp3) is 0.0714. The van der Waals surface area contributed by atoms with Crippen LogP contribution in [0.15, 0.2) is 200 Å². The van der Waals surface area contributed by atoms with Crippen LogP contribution in [0.25, 0.3) is 55.3 Å². The van der Waals surface area contributed by atoms with Crippen LogP contribution in [0.5, 0.6) is 0 Å². The summed E-state index contributed by atoms with van der Waals surface area (Å²) in [5.74, 6) is 0. The first-order chi connectivity index (χ1) is 28.0. The Kier molecular flexibility index (Phi) is 6.67. The summed E-state index contributed by atoms with van der Waals surface area (Å²) in [5, 5.41) is 2.47.